The minimum Gasteiger partial charge on any atom is -0.130 e. The Balaban J connectivity index is 1.40. The number of thioether (sulfide) groups is 1. The van der Waals surface area contributed by atoms with Crippen molar-refractivity contribution in [2.75, 3.05) is 6.26 Å². The van der Waals surface area contributed by atoms with Crippen molar-refractivity contribution in [1.29, 1.82) is 0 Å². The second kappa shape index (κ2) is 18.5. The summed E-state index contributed by atoms with van der Waals surface area (Å²) in [7, 11) is 0. The average Bonchev–Trinajstić information content (AvgIpc) is 3.36. The van der Waals surface area contributed by atoms with Crippen molar-refractivity contribution >= 4 is 57.6 Å². The normalized spacial score (nSPS) is 13.6. The van der Waals surface area contributed by atoms with Crippen molar-refractivity contribution < 1.29 is 0 Å². The molecule has 0 saturated heterocycles. The van der Waals surface area contributed by atoms with Gasteiger partial charge in [-0.3, -0.25) is 0 Å². The first-order valence-corrected chi connectivity index (χ1v) is 19.1. The van der Waals surface area contributed by atoms with Crippen molar-refractivity contribution in [1.82, 2.24) is 0 Å². The van der Waals surface area contributed by atoms with Gasteiger partial charge in [-0.05, 0) is 111 Å². The van der Waals surface area contributed by atoms with E-state index in [9.17, 15) is 0 Å². The summed E-state index contributed by atoms with van der Waals surface area (Å²) in [6.07, 6.45) is 40.1. The molecule has 4 aromatic carbocycles. The number of unbranched alkanes of at least 4 members (excludes halogenated alkanes) is 6. The molecule has 1 aliphatic rings. The van der Waals surface area contributed by atoms with E-state index in [4.69, 9.17) is 0 Å². The maximum absolute atomic E-state index is 2.46. The van der Waals surface area contributed by atoms with Crippen LogP contribution in [0.3, 0.4) is 0 Å². The molecular weight excluding hydrogens is 585 g/mol. The quantitative estimate of drug-likeness (QED) is 0.0670. The monoisotopic (exact) mass is 636 g/mol. The van der Waals surface area contributed by atoms with Crippen LogP contribution in [0.4, 0.5) is 0 Å². The number of benzene rings is 4. The first-order valence-electron chi connectivity index (χ1n) is 17.9. The van der Waals surface area contributed by atoms with Crippen molar-refractivity contribution in [2.24, 2.45) is 0 Å². The maximum atomic E-state index is 2.46. The predicted octanol–water partition coefficient (Wildman–Crippen LogP) is 12.3. The molecule has 0 atom stereocenters. The Labute approximate surface area is 288 Å². The molecule has 0 unspecified atom stereocenters. The zero-order valence-electron chi connectivity index (χ0n) is 28.8. The lowest BCUT2D eigenvalue weighted by molar-refractivity contribution is 0.668. The second-order valence-electron chi connectivity index (χ2n) is 12.7. The first-order chi connectivity index (χ1) is 23.2. The Hall–Kier alpha value is -3.81. The summed E-state index contributed by atoms with van der Waals surface area (Å²) in [4.78, 5) is 1.23. The molecule has 0 saturated carbocycles. The van der Waals surface area contributed by atoms with Gasteiger partial charge in [0, 0.05) is 4.91 Å². The number of hydrogen-bond acceptors (Lipinski definition) is 1. The Morgan fingerprint density at radius 1 is 0.702 bits per heavy atom. The van der Waals surface area contributed by atoms with Crippen LogP contribution in [0.15, 0.2) is 108 Å². The smallest absolute Gasteiger partial charge is 0.00691 e. The highest BCUT2D eigenvalue weighted by molar-refractivity contribution is 8.02. The van der Waals surface area contributed by atoms with Gasteiger partial charge >= 0.3 is 0 Å². The third kappa shape index (κ3) is 9.39. The highest BCUT2D eigenvalue weighted by Gasteiger charge is 2.14. The van der Waals surface area contributed by atoms with Crippen molar-refractivity contribution in [3.05, 3.63) is 141 Å². The number of allylic oxidation sites excluding steroid dienone is 7. The molecule has 0 aliphatic heterocycles. The number of rotatable bonds is 16. The van der Waals surface area contributed by atoms with E-state index < -0.39 is 0 Å². The lowest BCUT2D eigenvalue weighted by Crippen LogP contribution is -2.26. The molecule has 242 valence electrons. The van der Waals surface area contributed by atoms with Gasteiger partial charge in [0.05, 0.1) is 0 Å². The summed E-state index contributed by atoms with van der Waals surface area (Å²) in [6, 6.07) is 22.9. The standard InChI is InChI=1S/C46H52S/c1-4-6-8-12-29-43-41-31-17-18-32-42(41)44(30-13-9-7-5-2)46-35-36(33-34-45(43)46)21-15-16-26-39(47-3)27-20-25-38-24-19-23-37-22-11-10-14-28-40(37)38/h10,14-28,31-35H,4-9,11-13,29-30H2,1-3H3/b21-15+,25-20+,26-16+,39-27-. The fourth-order valence-corrected chi connectivity index (χ4v) is 7.21. The zero-order chi connectivity index (χ0) is 32.7. The summed E-state index contributed by atoms with van der Waals surface area (Å²) in [5, 5.41) is 8.45. The van der Waals surface area contributed by atoms with E-state index in [0.717, 1.165) is 19.3 Å². The second-order valence-corrected chi connectivity index (χ2v) is 13.5. The molecule has 0 radical (unpaired) electrons. The molecule has 0 amide bonds. The van der Waals surface area contributed by atoms with Crippen LogP contribution in [0.2, 0.25) is 0 Å². The van der Waals surface area contributed by atoms with Crippen LogP contribution in [0.25, 0.3) is 45.8 Å². The van der Waals surface area contributed by atoms with E-state index in [0.29, 0.717) is 0 Å². The highest BCUT2D eigenvalue weighted by Crippen LogP contribution is 2.36. The first kappa shape index (κ1) is 34.5. The van der Waals surface area contributed by atoms with Gasteiger partial charge in [0.15, 0.2) is 0 Å². The number of fused-ring (bicyclic) bond motifs is 3. The van der Waals surface area contributed by atoms with E-state index in [2.05, 4.69) is 148 Å². The molecule has 5 rings (SSSR count). The van der Waals surface area contributed by atoms with Gasteiger partial charge in [-0.15, -0.1) is 11.8 Å². The summed E-state index contributed by atoms with van der Waals surface area (Å²) in [5.41, 5.74) is 5.60. The van der Waals surface area contributed by atoms with E-state index in [-0.39, 0.29) is 0 Å². The van der Waals surface area contributed by atoms with Gasteiger partial charge < -0.3 is 0 Å². The van der Waals surface area contributed by atoms with Crippen LogP contribution in [0.5, 0.6) is 0 Å². The van der Waals surface area contributed by atoms with E-state index in [1.165, 1.54) is 105 Å². The molecule has 0 heterocycles. The Bertz CT molecular complexity index is 1910. The molecule has 1 heteroatoms. The summed E-state index contributed by atoms with van der Waals surface area (Å²) in [5.74, 6) is 0. The Kier molecular flexibility index (Phi) is 13.6. The average molecular weight is 637 g/mol. The lowest BCUT2D eigenvalue weighted by Gasteiger charge is -2.18. The molecule has 0 fully saturated rings. The topological polar surface area (TPSA) is 0 Å². The molecule has 47 heavy (non-hydrogen) atoms. The Morgan fingerprint density at radius 3 is 2.15 bits per heavy atom. The van der Waals surface area contributed by atoms with Crippen LogP contribution in [0.1, 0.15) is 93.9 Å². The van der Waals surface area contributed by atoms with Crippen LogP contribution in [-0.2, 0) is 12.8 Å². The van der Waals surface area contributed by atoms with Crippen molar-refractivity contribution in [3.63, 3.8) is 0 Å². The van der Waals surface area contributed by atoms with Crippen molar-refractivity contribution in [3.8, 4) is 0 Å². The SMILES string of the molecule is CCCCCCc1c2ccccc2c(CCCCCC)c2cc(/C=C/C=C/C(=C/C=C/c3cccc4c3=CC=CCC=4)SC)ccc12. The minimum absolute atomic E-state index is 0.988. The molecule has 1 aliphatic carbocycles. The van der Waals surface area contributed by atoms with Gasteiger partial charge in [-0.1, -0.05) is 162 Å². The summed E-state index contributed by atoms with van der Waals surface area (Å²) >= 11 is 1.77. The van der Waals surface area contributed by atoms with Crippen LogP contribution < -0.4 is 10.4 Å². The number of aryl methyl sites for hydroxylation is 2. The molecule has 0 spiro atoms. The van der Waals surface area contributed by atoms with Gasteiger partial charge in [0.2, 0.25) is 0 Å². The van der Waals surface area contributed by atoms with Gasteiger partial charge in [0.1, 0.15) is 0 Å². The third-order valence-corrected chi connectivity index (χ3v) is 10.1. The summed E-state index contributed by atoms with van der Waals surface area (Å²) < 4.78 is 0. The fraction of sp³-hybridized carbons (Fsp3) is 0.304. The van der Waals surface area contributed by atoms with Crippen molar-refractivity contribution in [2.45, 2.75) is 84.5 Å². The van der Waals surface area contributed by atoms with Crippen LogP contribution in [-0.4, -0.2) is 6.26 Å². The van der Waals surface area contributed by atoms with Gasteiger partial charge in [0.25, 0.3) is 0 Å². The minimum atomic E-state index is 0.988. The maximum Gasteiger partial charge on any atom is 0.00691 e. The van der Waals surface area contributed by atoms with E-state index in [1.54, 1.807) is 17.3 Å². The van der Waals surface area contributed by atoms with Crippen LogP contribution >= 0.6 is 11.8 Å². The molecular formula is C46H52S. The third-order valence-electron chi connectivity index (χ3n) is 9.31. The largest absolute Gasteiger partial charge is 0.130 e. The highest BCUT2D eigenvalue weighted by atomic mass is 32.2. The predicted molar refractivity (Wildman–Crippen MR) is 214 cm³/mol. The molecule has 4 aromatic rings. The molecule has 0 bridgehead atoms. The lowest BCUT2D eigenvalue weighted by atomic mass is 9.86. The molecule has 0 nitrogen and oxygen atoms in total. The van der Waals surface area contributed by atoms with E-state index >= 15 is 0 Å². The zero-order valence-corrected chi connectivity index (χ0v) is 29.6. The Morgan fingerprint density at radius 2 is 1.43 bits per heavy atom. The molecule has 0 N–H and O–H groups in total. The molecule has 0 aromatic heterocycles. The van der Waals surface area contributed by atoms with Crippen LogP contribution in [0, 0.1) is 0 Å². The fourth-order valence-electron chi connectivity index (χ4n) is 6.78. The number of hydrogen-bond donors (Lipinski definition) is 0. The van der Waals surface area contributed by atoms with Gasteiger partial charge in [-0.2, -0.15) is 0 Å². The van der Waals surface area contributed by atoms with E-state index in [1.807, 2.05) is 0 Å². The summed E-state index contributed by atoms with van der Waals surface area (Å²) in [6.45, 7) is 4.60. The van der Waals surface area contributed by atoms with Gasteiger partial charge in [-0.25, -0.2) is 0 Å².